The smallest absolute Gasteiger partial charge is 0.226 e. The molecule has 1 heterocycles. The quantitative estimate of drug-likeness (QED) is 0.762. The average Bonchev–Trinajstić information content (AvgIpc) is 2.71. The number of benzene rings is 2. The van der Waals surface area contributed by atoms with Crippen molar-refractivity contribution in [2.75, 3.05) is 25.1 Å². The highest BCUT2D eigenvalue weighted by atomic mass is 19.1. The number of anilines is 1. The summed E-state index contributed by atoms with van der Waals surface area (Å²) in [4.78, 5) is 16.8. The van der Waals surface area contributed by atoms with Crippen molar-refractivity contribution in [3.05, 3.63) is 59.9 Å². The summed E-state index contributed by atoms with van der Waals surface area (Å²) in [6.07, 6.45) is 2.24. The van der Waals surface area contributed by atoms with Crippen molar-refractivity contribution >= 4 is 11.6 Å². The van der Waals surface area contributed by atoms with Crippen molar-refractivity contribution in [2.45, 2.75) is 38.8 Å². The van der Waals surface area contributed by atoms with E-state index in [1.54, 1.807) is 13.2 Å². The lowest BCUT2D eigenvalue weighted by atomic mass is 10.0. The van der Waals surface area contributed by atoms with Gasteiger partial charge in [-0.3, -0.25) is 9.69 Å². The van der Waals surface area contributed by atoms with Gasteiger partial charge in [0.15, 0.2) is 0 Å². The Hall–Kier alpha value is -2.40. The topological polar surface area (TPSA) is 32.8 Å². The monoisotopic (exact) mass is 370 g/mol. The summed E-state index contributed by atoms with van der Waals surface area (Å²) in [5, 5.41) is 0. The number of methoxy groups -OCH3 is 1. The van der Waals surface area contributed by atoms with Gasteiger partial charge in [0.05, 0.1) is 7.11 Å². The Morgan fingerprint density at radius 2 is 1.81 bits per heavy atom. The number of piperidine rings is 1. The number of carbonyl (C=O) groups is 1. The molecule has 3 rings (SSSR count). The van der Waals surface area contributed by atoms with Crippen LogP contribution in [0.5, 0.6) is 5.75 Å². The van der Waals surface area contributed by atoms with E-state index in [1.165, 1.54) is 6.07 Å². The van der Waals surface area contributed by atoms with Gasteiger partial charge in [-0.2, -0.15) is 0 Å². The fourth-order valence-corrected chi connectivity index (χ4v) is 3.67. The van der Waals surface area contributed by atoms with Crippen molar-refractivity contribution in [2.24, 2.45) is 0 Å². The third kappa shape index (κ3) is 4.66. The van der Waals surface area contributed by atoms with Crippen molar-refractivity contribution in [3.63, 3.8) is 0 Å². The molecule has 144 valence electrons. The third-order valence-electron chi connectivity index (χ3n) is 5.20. The van der Waals surface area contributed by atoms with Gasteiger partial charge < -0.3 is 9.64 Å². The molecule has 0 radical (unpaired) electrons. The van der Waals surface area contributed by atoms with E-state index >= 15 is 0 Å². The molecule has 2 aromatic rings. The predicted molar refractivity (Wildman–Crippen MR) is 105 cm³/mol. The zero-order chi connectivity index (χ0) is 19.2. The maximum absolute atomic E-state index is 13.9. The summed E-state index contributed by atoms with van der Waals surface area (Å²) in [5.74, 6) is 0.760. The molecule has 0 N–H and O–H groups in total. The minimum absolute atomic E-state index is 0.132. The Kier molecular flexibility index (Phi) is 6.45. The summed E-state index contributed by atoms with van der Waals surface area (Å²) < 4.78 is 19.1. The first-order valence-corrected chi connectivity index (χ1v) is 9.54. The number of amides is 1. The molecule has 0 bridgehead atoms. The van der Waals surface area contributed by atoms with Crippen molar-refractivity contribution < 1.29 is 13.9 Å². The second-order valence-electron chi connectivity index (χ2n) is 6.91. The van der Waals surface area contributed by atoms with Gasteiger partial charge in [-0.05, 0) is 43.2 Å². The standard InChI is InChI=1S/C22H27FN2O2/c1-3-22(26)25(18-8-10-20(27-2)11-9-18)19-12-14-24(15-13-19)16-17-6-4-5-7-21(17)23/h4-11,19H,3,12-16H2,1-2H3. The molecule has 27 heavy (non-hydrogen) atoms. The van der Waals surface area contributed by atoms with Gasteiger partial charge in [0.25, 0.3) is 0 Å². The molecular weight excluding hydrogens is 343 g/mol. The first-order valence-electron chi connectivity index (χ1n) is 9.54. The van der Waals surface area contributed by atoms with E-state index in [9.17, 15) is 9.18 Å². The molecule has 0 atom stereocenters. The molecule has 2 aromatic carbocycles. The second kappa shape index (κ2) is 9.00. The summed E-state index contributed by atoms with van der Waals surface area (Å²) in [6.45, 7) is 4.21. The summed E-state index contributed by atoms with van der Waals surface area (Å²) >= 11 is 0. The lowest BCUT2D eigenvalue weighted by Crippen LogP contribution is -2.47. The normalized spacial score (nSPS) is 15.5. The molecule has 1 aliphatic heterocycles. The van der Waals surface area contributed by atoms with E-state index in [2.05, 4.69) is 4.90 Å². The minimum Gasteiger partial charge on any atom is -0.497 e. The largest absolute Gasteiger partial charge is 0.497 e. The Bertz CT molecular complexity index is 755. The van der Waals surface area contributed by atoms with Crippen LogP contribution >= 0.6 is 0 Å². The number of hydrogen-bond donors (Lipinski definition) is 0. The predicted octanol–water partition coefficient (Wildman–Crippen LogP) is 4.24. The summed E-state index contributed by atoms with van der Waals surface area (Å²) in [5.41, 5.74) is 1.64. The van der Waals surface area contributed by atoms with Gasteiger partial charge in [0, 0.05) is 43.3 Å². The highest BCUT2D eigenvalue weighted by molar-refractivity contribution is 5.93. The third-order valence-corrected chi connectivity index (χ3v) is 5.20. The molecule has 1 fully saturated rings. The SMILES string of the molecule is CCC(=O)N(c1ccc(OC)cc1)C1CCN(Cc2ccccc2F)CC1. The Morgan fingerprint density at radius 1 is 1.15 bits per heavy atom. The van der Waals surface area contributed by atoms with Crippen LogP contribution in [-0.4, -0.2) is 37.0 Å². The molecule has 1 saturated heterocycles. The van der Waals surface area contributed by atoms with Gasteiger partial charge in [-0.1, -0.05) is 25.1 Å². The number of likely N-dealkylation sites (tertiary alicyclic amines) is 1. The van der Waals surface area contributed by atoms with Crippen molar-refractivity contribution in [3.8, 4) is 5.75 Å². The molecule has 0 aromatic heterocycles. The number of ether oxygens (including phenoxy) is 1. The zero-order valence-electron chi connectivity index (χ0n) is 16.0. The fourth-order valence-electron chi connectivity index (χ4n) is 3.67. The molecular formula is C22H27FN2O2. The van der Waals surface area contributed by atoms with E-state index in [1.807, 2.05) is 48.2 Å². The van der Waals surface area contributed by atoms with Crippen LogP contribution in [0.4, 0.5) is 10.1 Å². The molecule has 5 heteroatoms. The van der Waals surface area contributed by atoms with Gasteiger partial charge >= 0.3 is 0 Å². The zero-order valence-corrected chi connectivity index (χ0v) is 16.0. The molecule has 1 amide bonds. The first kappa shape index (κ1) is 19.4. The average molecular weight is 370 g/mol. The van der Waals surface area contributed by atoms with E-state index in [0.29, 0.717) is 13.0 Å². The molecule has 0 saturated carbocycles. The van der Waals surface area contributed by atoms with Crippen LogP contribution in [0.1, 0.15) is 31.7 Å². The van der Waals surface area contributed by atoms with Crippen molar-refractivity contribution in [1.82, 2.24) is 4.90 Å². The lowest BCUT2D eigenvalue weighted by molar-refractivity contribution is -0.119. The van der Waals surface area contributed by atoms with Gasteiger partial charge in [-0.15, -0.1) is 0 Å². The van der Waals surface area contributed by atoms with E-state index < -0.39 is 0 Å². The van der Waals surface area contributed by atoms with Gasteiger partial charge in [0.1, 0.15) is 11.6 Å². The maximum Gasteiger partial charge on any atom is 0.226 e. The second-order valence-corrected chi connectivity index (χ2v) is 6.91. The number of carbonyl (C=O) groups excluding carboxylic acids is 1. The van der Waals surface area contributed by atoms with Gasteiger partial charge in [-0.25, -0.2) is 4.39 Å². The van der Waals surface area contributed by atoms with Crippen LogP contribution in [0.3, 0.4) is 0 Å². The van der Waals surface area contributed by atoms with Crippen molar-refractivity contribution in [1.29, 1.82) is 0 Å². The van der Waals surface area contributed by atoms with Crippen LogP contribution < -0.4 is 9.64 Å². The summed E-state index contributed by atoms with van der Waals surface area (Å²) in [7, 11) is 1.63. The molecule has 0 unspecified atom stereocenters. The first-order chi connectivity index (χ1) is 13.1. The number of nitrogens with zero attached hydrogens (tertiary/aromatic N) is 2. The van der Waals surface area contributed by atoms with Crippen LogP contribution in [0.25, 0.3) is 0 Å². The van der Waals surface area contributed by atoms with Crippen LogP contribution in [0.2, 0.25) is 0 Å². The number of hydrogen-bond acceptors (Lipinski definition) is 3. The summed E-state index contributed by atoms with van der Waals surface area (Å²) in [6, 6.07) is 14.8. The van der Waals surface area contributed by atoms with E-state index in [-0.39, 0.29) is 17.8 Å². The Morgan fingerprint density at radius 3 is 2.41 bits per heavy atom. The lowest BCUT2D eigenvalue weighted by Gasteiger charge is -2.38. The molecule has 4 nitrogen and oxygen atoms in total. The molecule has 0 spiro atoms. The number of halogens is 1. The Balaban J connectivity index is 1.67. The van der Waals surface area contributed by atoms with Crippen LogP contribution in [0.15, 0.2) is 48.5 Å². The highest BCUT2D eigenvalue weighted by Crippen LogP contribution is 2.27. The van der Waals surface area contributed by atoms with E-state index in [4.69, 9.17) is 4.74 Å². The fraction of sp³-hybridized carbons (Fsp3) is 0.409. The molecule has 1 aliphatic rings. The maximum atomic E-state index is 13.9. The highest BCUT2D eigenvalue weighted by Gasteiger charge is 2.28. The van der Waals surface area contributed by atoms with Crippen LogP contribution in [0, 0.1) is 5.82 Å². The van der Waals surface area contributed by atoms with Gasteiger partial charge in [0.2, 0.25) is 5.91 Å². The number of rotatable bonds is 6. The minimum atomic E-state index is -0.152. The Labute approximate surface area is 160 Å². The van der Waals surface area contributed by atoms with E-state index in [0.717, 1.165) is 42.9 Å². The van der Waals surface area contributed by atoms with Crippen LogP contribution in [-0.2, 0) is 11.3 Å². The molecule has 0 aliphatic carbocycles.